The highest BCUT2D eigenvalue weighted by molar-refractivity contribution is 6.44. The molecule has 1 heterocycles. The third kappa shape index (κ3) is 5.24. The Hall–Kier alpha value is -1.54. The molecule has 26 heavy (non-hydrogen) atoms. The topological polar surface area (TPSA) is 89.9 Å². The van der Waals surface area contributed by atoms with E-state index >= 15 is 0 Å². The Morgan fingerprint density at radius 1 is 1.38 bits per heavy atom. The fraction of sp³-hybridized carbons (Fsp3) is 0.412. The zero-order chi connectivity index (χ0) is 19.3. The normalized spacial score (nSPS) is 18.2. The highest BCUT2D eigenvalue weighted by Gasteiger charge is 2.34. The monoisotopic (exact) mass is 398 g/mol. The lowest BCUT2D eigenvalue weighted by atomic mass is 9.75. The molecule has 1 aliphatic heterocycles. The lowest BCUT2D eigenvalue weighted by Crippen LogP contribution is -2.56. The predicted octanol–water partition coefficient (Wildman–Crippen LogP) is 1.60. The Morgan fingerprint density at radius 3 is 2.73 bits per heavy atom. The van der Waals surface area contributed by atoms with Crippen LogP contribution in [0, 0.1) is 0 Å². The van der Waals surface area contributed by atoms with E-state index in [9.17, 15) is 19.6 Å². The van der Waals surface area contributed by atoms with Crippen molar-refractivity contribution in [2.75, 3.05) is 6.54 Å². The van der Waals surface area contributed by atoms with Crippen molar-refractivity contribution in [1.82, 2.24) is 10.2 Å². The van der Waals surface area contributed by atoms with Crippen molar-refractivity contribution >= 4 is 42.1 Å². The van der Waals surface area contributed by atoms with Gasteiger partial charge in [0, 0.05) is 16.6 Å². The average molecular weight is 399 g/mol. The molecule has 0 radical (unpaired) electrons. The molecule has 3 N–H and O–H groups in total. The summed E-state index contributed by atoms with van der Waals surface area (Å²) in [5.74, 6) is -1.71. The Bertz CT molecular complexity index is 687. The number of likely N-dealkylation sites (tertiary alicyclic amines) is 1. The summed E-state index contributed by atoms with van der Waals surface area (Å²) in [6.45, 7) is 3.93. The molecule has 2 amide bonds. The third-order valence-electron chi connectivity index (χ3n) is 4.41. The van der Waals surface area contributed by atoms with Crippen LogP contribution in [0.15, 0.2) is 30.9 Å². The van der Waals surface area contributed by atoms with Gasteiger partial charge in [-0.15, -0.1) is 0 Å². The maximum absolute atomic E-state index is 12.7. The van der Waals surface area contributed by atoms with Crippen LogP contribution in [-0.2, 0) is 16.0 Å². The van der Waals surface area contributed by atoms with Gasteiger partial charge < -0.3 is 20.3 Å². The van der Waals surface area contributed by atoms with Crippen LogP contribution >= 0.6 is 23.2 Å². The molecule has 1 aromatic carbocycles. The van der Waals surface area contributed by atoms with Crippen LogP contribution in [0.4, 0.5) is 0 Å². The predicted molar refractivity (Wildman–Crippen MR) is 102 cm³/mol. The number of hydrogen-bond acceptors (Lipinski definition) is 4. The van der Waals surface area contributed by atoms with Gasteiger partial charge in [-0.25, -0.2) is 0 Å². The summed E-state index contributed by atoms with van der Waals surface area (Å²) in [5.41, 5.74) is 0.622. The summed E-state index contributed by atoms with van der Waals surface area (Å²) in [4.78, 5) is 26.1. The van der Waals surface area contributed by atoms with Gasteiger partial charge in [-0.1, -0.05) is 35.8 Å². The number of rotatable bonds is 6. The third-order valence-corrected chi connectivity index (χ3v) is 4.99. The van der Waals surface area contributed by atoms with Gasteiger partial charge in [0.25, 0.3) is 0 Å². The van der Waals surface area contributed by atoms with Crippen LogP contribution in [0.2, 0.25) is 10.0 Å². The number of benzene rings is 1. The first-order chi connectivity index (χ1) is 12.3. The van der Waals surface area contributed by atoms with Crippen molar-refractivity contribution in [3.8, 4) is 0 Å². The molecule has 1 fully saturated rings. The van der Waals surface area contributed by atoms with Crippen LogP contribution in [0.3, 0.4) is 0 Å². The number of carbonyl (C=O) groups excluding carboxylic acids is 2. The van der Waals surface area contributed by atoms with E-state index in [1.54, 1.807) is 18.2 Å². The van der Waals surface area contributed by atoms with E-state index in [1.165, 1.54) is 11.0 Å². The van der Waals surface area contributed by atoms with E-state index in [4.69, 9.17) is 23.2 Å². The first-order valence-electron chi connectivity index (χ1n) is 8.37. The molecular weight excluding hydrogens is 378 g/mol. The highest BCUT2D eigenvalue weighted by Crippen LogP contribution is 2.23. The summed E-state index contributed by atoms with van der Waals surface area (Å²) in [6.07, 6.45) is 3.44. The molecule has 0 saturated carbocycles. The van der Waals surface area contributed by atoms with E-state index in [1.807, 2.05) is 0 Å². The Labute approximate surface area is 162 Å². The van der Waals surface area contributed by atoms with Gasteiger partial charge in [0.1, 0.15) is 6.04 Å². The fourth-order valence-corrected chi connectivity index (χ4v) is 3.50. The van der Waals surface area contributed by atoms with Gasteiger partial charge in [0.15, 0.2) is 0 Å². The van der Waals surface area contributed by atoms with E-state index in [2.05, 4.69) is 11.9 Å². The molecule has 6 nitrogen and oxygen atoms in total. The molecule has 0 aromatic heterocycles. The van der Waals surface area contributed by atoms with Gasteiger partial charge in [0.2, 0.25) is 11.8 Å². The Morgan fingerprint density at radius 2 is 2.12 bits per heavy atom. The average Bonchev–Trinajstić information content (AvgIpc) is 2.62. The number of hydrogen-bond donors (Lipinski definition) is 3. The molecule has 1 unspecified atom stereocenters. The van der Waals surface area contributed by atoms with Crippen molar-refractivity contribution in [3.05, 3.63) is 46.5 Å². The summed E-state index contributed by atoms with van der Waals surface area (Å²) in [7, 11) is -1.78. The largest absolute Gasteiger partial charge is 0.475 e. The standard InChI is InChI=1S/C17H21BCl2N2O4/c1-2-16(23)22-8-4-3-5-14(22)17(24)21-15(18(25)26)9-11-6-7-12(19)10-13(11)20/h2,6-7,10,14-15,25-26H,1,3-5,8-9H2,(H,21,24)/t14-,15?/m1/s1. The Kier molecular flexibility index (Phi) is 7.52. The van der Waals surface area contributed by atoms with Gasteiger partial charge in [0.05, 0.1) is 5.94 Å². The molecule has 2 rings (SSSR count). The first kappa shape index (κ1) is 20.8. The number of amides is 2. The lowest BCUT2D eigenvalue weighted by molar-refractivity contribution is -0.139. The van der Waals surface area contributed by atoms with Crippen molar-refractivity contribution in [1.29, 1.82) is 0 Å². The number of nitrogens with zero attached hydrogens (tertiary/aromatic N) is 1. The van der Waals surface area contributed by atoms with Crippen molar-refractivity contribution in [2.45, 2.75) is 37.7 Å². The van der Waals surface area contributed by atoms with Crippen LogP contribution in [0.5, 0.6) is 0 Å². The second kappa shape index (κ2) is 9.42. The second-order valence-electron chi connectivity index (χ2n) is 6.22. The molecule has 9 heteroatoms. The van der Waals surface area contributed by atoms with Gasteiger partial charge in [-0.3, -0.25) is 9.59 Å². The zero-order valence-corrected chi connectivity index (χ0v) is 15.7. The summed E-state index contributed by atoms with van der Waals surface area (Å²) in [6, 6.07) is 4.19. The van der Waals surface area contributed by atoms with E-state index in [-0.39, 0.29) is 12.3 Å². The maximum atomic E-state index is 12.7. The van der Waals surface area contributed by atoms with Crippen LogP contribution in [0.25, 0.3) is 0 Å². The smallest absolute Gasteiger partial charge is 0.426 e. The molecule has 0 spiro atoms. The molecule has 1 saturated heterocycles. The van der Waals surface area contributed by atoms with Crippen molar-refractivity contribution < 1.29 is 19.6 Å². The minimum Gasteiger partial charge on any atom is -0.426 e. The van der Waals surface area contributed by atoms with Gasteiger partial charge in [-0.05, 0) is 49.5 Å². The quantitative estimate of drug-likeness (QED) is 0.501. The Balaban J connectivity index is 2.11. The summed E-state index contributed by atoms with van der Waals surface area (Å²) < 4.78 is 0. The fourth-order valence-electron chi connectivity index (χ4n) is 3.02. The second-order valence-corrected chi connectivity index (χ2v) is 7.06. The molecule has 1 aliphatic rings. The molecular formula is C17H21BCl2N2O4. The van der Waals surface area contributed by atoms with Crippen LogP contribution < -0.4 is 5.32 Å². The van der Waals surface area contributed by atoms with E-state index in [0.717, 1.165) is 12.8 Å². The molecule has 140 valence electrons. The first-order valence-corrected chi connectivity index (χ1v) is 9.12. The van der Waals surface area contributed by atoms with Crippen molar-refractivity contribution in [2.24, 2.45) is 0 Å². The van der Waals surface area contributed by atoms with Gasteiger partial charge >= 0.3 is 7.12 Å². The SMILES string of the molecule is C=CC(=O)N1CCCC[C@@H]1C(=O)NC(Cc1ccc(Cl)cc1Cl)B(O)O. The van der Waals surface area contributed by atoms with E-state index in [0.29, 0.717) is 28.6 Å². The van der Waals surface area contributed by atoms with Gasteiger partial charge in [-0.2, -0.15) is 0 Å². The highest BCUT2D eigenvalue weighted by atomic mass is 35.5. The number of carbonyl (C=O) groups is 2. The minimum atomic E-state index is -1.78. The van der Waals surface area contributed by atoms with E-state index < -0.39 is 25.0 Å². The number of halogens is 2. The molecule has 2 atom stereocenters. The maximum Gasteiger partial charge on any atom is 0.475 e. The summed E-state index contributed by atoms with van der Waals surface area (Å²) >= 11 is 12.0. The summed E-state index contributed by atoms with van der Waals surface area (Å²) in [5, 5.41) is 22.8. The molecule has 0 aliphatic carbocycles. The molecule has 1 aromatic rings. The number of nitrogens with one attached hydrogen (secondary N) is 1. The van der Waals surface area contributed by atoms with Crippen molar-refractivity contribution in [3.63, 3.8) is 0 Å². The van der Waals surface area contributed by atoms with Crippen LogP contribution in [0.1, 0.15) is 24.8 Å². The number of piperidine rings is 1. The van der Waals surface area contributed by atoms with Crippen LogP contribution in [-0.4, -0.2) is 52.4 Å². The zero-order valence-electron chi connectivity index (χ0n) is 14.2. The lowest BCUT2D eigenvalue weighted by Gasteiger charge is -2.35. The minimum absolute atomic E-state index is 0.113. The molecule has 0 bridgehead atoms.